The van der Waals surface area contributed by atoms with Crippen molar-refractivity contribution in [1.82, 2.24) is 9.97 Å². The topological polar surface area (TPSA) is 61.0 Å². The second-order valence-electron chi connectivity index (χ2n) is 2.50. The number of halogens is 1. The summed E-state index contributed by atoms with van der Waals surface area (Å²) in [4.78, 5) is 8.11. The standard InChI is InChI=1S/C8H13N3O.ClH/c1-3-6(9)7-4-11-8(12-2)5-10-7;/h4-6H,3,9H2,1-2H3;1H/t6-;/m1./s1. The van der Waals surface area contributed by atoms with Gasteiger partial charge in [-0.05, 0) is 6.42 Å². The van der Waals surface area contributed by atoms with Gasteiger partial charge >= 0.3 is 0 Å². The van der Waals surface area contributed by atoms with Gasteiger partial charge in [0.15, 0.2) is 0 Å². The molecule has 0 saturated carbocycles. The summed E-state index contributed by atoms with van der Waals surface area (Å²) in [5.41, 5.74) is 6.55. The molecule has 2 N–H and O–H groups in total. The van der Waals surface area contributed by atoms with Gasteiger partial charge in [0, 0.05) is 6.04 Å². The smallest absolute Gasteiger partial charge is 0.231 e. The summed E-state index contributed by atoms with van der Waals surface area (Å²) in [7, 11) is 1.56. The molecule has 0 aromatic carbocycles. The van der Waals surface area contributed by atoms with Crippen LogP contribution in [0.5, 0.6) is 5.88 Å². The Labute approximate surface area is 83.9 Å². The van der Waals surface area contributed by atoms with Crippen molar-refractivity contribution in [3.8, 4) is 5.88 Å². The molecule has 13 heavy (non-hydrogen) atoms. The fourth-order valence-corrected chi connectivity index (χ4v) is 0.832. The molecule has 0 fully saturated rings. The van der Waals surface area contributed by atoms with Gasteiger partial charge in [-0.15, -0.1) is 12.4 Å². The van der Waals surface area contributed by atoms with Crippen LogP contribution in [0.4, 0.5) is 0 Å². The minimum absolute atomic E-state index is 0. The van der Waals surface area contributed by atoms with E-state index in [1.54, 1.807) is 19.5 Å². The van der Waals surface area contributed by atoms with Crippen molar-refractivity contribution in [3.63, 3.8) is 0 Å². The monoisotopic (exact) mass is 203 g/mol. The lowest BCUT2D eigenvalue weighted by atomic mass is 10.2. The van der Waals surface area contributed by atoms with Crippen LogP contribution in [-0.2, 0) is 0 Å². The van der Waals surface area contributed by atoms with Crippen LogP contribution in [0.2, 0.25) is 0 Å². The molecule has 1 rings (SSSR count). The van der Waals surface area contributed by atoms with Crippen LogP contribution in [0.1, 0.15) is 25.1 Å². The molecule has 0 spiro atoms. The molecule has 4 nitrogen and oxygen atoms in total. The Morgan fingerprint density at radius 2 is 2.15 bits per heavy atom. The van der Waals surface area contributed by atoms with Crippen molar-refractivity contribution in [1.29, 1.82) is 0 Å². The van der Waals surface area contributed by atoms with E-state index in [0.29, 0.717) is 5.88 Å². The quantitative estimate of drug-likeness (QED) is 0.805. The maximum absolute atomic E-state index is 5.74. The van der Waals surface area contributed by atoms with Crippen molar-refractivity contribution in [3.05, 3.63) is 18.1 Å². The first kappa shape index (κ1) is 12.1. The summed E-state index contributed by atoms with van der Waals surface area (Å²) in [6.07, 6.45) is 4.08. The molecule has 0 radical (unpaired) electrons. The van der Waals surface area contributed by atoms with Gasteiger partial charge in [0.05, 0.1) is 25.2 Å². The van der Waals surface area contributed by atoms with Crippen molar-refractivity contribution in [2.45, 2.75) is 19.4 Å². The number of ether oxygens (including phenoxy) is 1. The molecule has 0 amide bonds. The normalized spacial score (nSPS) is 11.6. The van der Waals surface area contributed by atoms with E-state index < -0.39 is 0 Å². The molecule has 5 heteroatoms. The van der Waals surface area contributed by atoms with Crippen LogP contribution >= 0.6 is 12.4 Å². The second kappa shape index (κ2) is 5.72. The minimum Gasteiger partial charge on any atom is -0.480 e. The number of aromatic nitrogens is 2. The third kappa shape index (κ3) is 3.16. The van der Waals surface area contributed by atoms with Gasteiger partial charge in [-0.1, -0.05) is 6.92 Å². The Bertz CT molecular complexity index is 240. The average Bonchev–Trinajstić information content (AvgIpc) is 2.17. The summed E-state index contributed by atoms with van der Waals surface area (Å²) in [5, 5.41) is 0. The van der Waals surface area contributed by atoms with Crippen LogP contribution in [0, 0.1) is 0 Å². The number of hydrogen-bond donors (Lipinski definition) is 1. The van der Waals surface area contributed by atoms with Crippen LogP contribution in [0.3, 0.4) is 0 Å². The van der Waals surface area contributed by atoms with Gasteiger partial charge in [-0.3, -0.25) is 4.98 Å². The van der Waals surface area contributed by atoms with Crippen LogP contribution in [-0.4, -0.2) is 17.1 Å². The van der Waals surface area contributed by atoms with Gasteiger partial charge in [-0.2, -0.15) is 0 Å². The summed E-state index contributed by atoms with van der Waals surface area (Å²) in [5.74, 6) is 0.516. The number of hydrogen-bond acceptors (Lipinski definition) is 4. The zero-order valence-corrected chi connectivity index (χ0v) is 8.54. The largest absolute Gasteiger partial charge is 0.480 e. The highest BCUT2D eigenvalue weighted by Crippen LogP contribution is 2.11. The third-order valence-corrected chi connectivity index (χ3v) is 1.68. The van der Waals surface area contributed by atoms with E-state index in [1.807, 2.05) is 6.92 Å². The molecule has 0 aliphatic rings. The first-order chi connectivity index (χ1) is 5.77. The molecule has 1 aromatic heterocycles. The third-order valence-electron chi connectivity index (χ3n) is 1.68. The Balaban J connectivity index is 0.00000144. The molecule has 0 aliphatic carbocycles. The molecular formula is C8H14ClN3O. The van der Waals surface area contributed by atoms with Crippen LogP contribution in [0.15, 0.2) is 12.4 Å². The zero-order chi connectivity index (χ0) is 8.97. The molecule has 0 bridgehead atoms. The van der Waals surface area contributed by atoms with E-state index in [1.165, 1.54) is 0 Å². The molecule has 74 valence electrons. The summed E-state index contributed by atoms with van der Waals surface area (Å²) >= 11 is 0. The van der Waals surface area contributed by atoms with Crippen molar-refractivity contribution < 1.29 is 4.74 Å². The molecule has 0 aliphatic heterocycles. The highest BCUT2D eigenvalue weighted by atomic mass is 35.5. The highest BCUT2D eigenvalue weighted by molar-refractivity contribution is 5.85. The van der Waals surface area contributed by atoms with Crippen molar-refractivity contribution in [2.24, 2.45) is 5.73 Å². The molecule has 0 saturated heterocycles. The van der Waals surface area contributed by atoms with Gasteiger partial charge in [0.25, 0.3) is 0 Å². The second-order valence-corrected chi connectivity index (χ2v) is 2.50. The van der Waals surface area contributed by atoms with Crippen LogP contribution in [0.25, 0.3) is 0 Å². The molecule has 0 unspecified atom stereocenters. The van der Waals surface area contributed by atoms with Gasteiger partial charge in [0.1, 0.15) is 0 Å². The lowest BCUT2D eigenvalue weighted by molar-refractivity contribution is 0.394. The lowest BCUT2D eigenvalue weighted by Crippen LogP contribution is -2.10. The Hall–Kier alpha value is -0.870. The first-order valence-corrected chi connectivity index (χ1v) is 3.89. The highest BCUT2D eigenvalue weighted by Gasteiger charge is 2.04. The van der Waals surface area contributed by atoms with Crippen molar-refractivity contribution >= 4 is 12.4 Å². The molecule has 1 atom stereocenters. The van der Waals surface area contributed by atoms with Crippen molar-refractivity contribution in [2.75, 3.05) is 7.11 Å². The summed E-state index contributed by atoms with van der Waals surface area (Å²) in [6.45, 7) is 2.01. The van der Waals surface area contributed by atoms with Crippen LogP contribution < -0.4 is 10.5 Å². The summed E-state index contributed by atoms with van der Waals surface area (Å²) in [6, 6.07) is -0.0246. The Morgan fingerprint density at radius 3 is 2.54 bits per heavy atom. The fourth-order valence-electron chi connectivity index (χ4n) is 0.832. The van der Waals surface area contributed by atoms with Gasteiger partial charge in [0.2, 0.25) is 5.88 Å². The Kier molecular flexibility index (Phi) is 5.34. The predicted molar refractivity (Wildman–Crippen MR) is 53.1 cm³/mol. The van der Waals surface area contributed by atoms with Gasteiger partial charge in [-0.25, -0.2) is 4.98 Å². The van der Waals surface area contributed by atoms with E-state index in [0.717, 1.165) is 12.1 Å². The average molecular weight is 204 g/mol. The van der Waals surface area contributed by atoms with E-state index in [2.05, 4.69) is 9.97 Å². The van der Waals surface area contributed by atoms with E-state index in [-0.39, 0.29) is 18.4 Å². The maximum Gasteiger partial charge on any atom is 0.231 e. The van der Waals surface area contributed by atoms with E-state index >= 15 is 0 Å². The predicted octanol–water partition coefficient (Wildman–Crippen LogP) is 1.32. The first-order valence-electron chi connectivity index (χ1n) is 3.89. The number of rotatable bonds is 3. The lowest BCUT2D eigenvalue weighted by Gasteiger charge is -2.06. The van der Waals surface area contributed by atoms with Gasteiger partial charge < -0.3 is 10.5 Å². The van der Waals surface area contributed by atoms with E-state index in [4.69, 9.17) is 10.5 Å². The zero-order valence-electron chi connectivity index (χ0n) is 7.73. The van der Waals surface area contributed by atoms with E-state index in [9.17, 15) is 0 Å². The minimum atomic E-state index is -0.0246. The summed E-state index contributed by atoms with van der Waals surface area (Å²) < 4.78 is 4.87. The molecular weight excluding hydrogens is 190 g/mol. The SMILES string of the molecule is CC[C@@H](N)c1cnc(OC)cn1.Cl. The fraction of sp³-hybridized carbons (Fsp3) is 0.500. The number of methoxy groups -OCH3 is 1. The number of nitrogens with two attached hydrogens (primary N) is 1. The maximum atomic E-state index is 5.74. The molecule has 1 aromatic rings. The molecule has 1 heterocycles. The Morgan fingerprint density at radius 1 is 1.46 bits per heavy atom. The number of nitrogens with zero attached hydrogens (tertiary/aromatic N) is 2.